The average molecular weight is 336 g/mol. The highest BCUT2D eigenvalue weighted by Crippen LogP contribution is 2.46. The first-order chi connectivity index (χ1) is 10.3. The van der Waals surface area contributed by atoms with Crippen LogP contribution in [0.4, 0.5) is 0 Å². The van der Waals surface area contributed by atoms with E-state index in [4.69, 9.17) is 11.6 Å². The summed E-state index contributed by atoms with van der Waals surface area (Å²) >= 11 is 5.91. The molecule has 2 aromatic carbocycles. The van der Waals surface area contributed by atoms with Crippen LogP contribution in [0, 0.1) is 13.8 Å². The van der Waals surface area contributed by atoms with Crippen molar-refractivity contribution < 1.29 is 8.42 Å². The number of aryl methyl sites for hydroxylation is 2. The Labute approximate surface area is 136 Å². The van der Waals surface area contributed by atoms with Crippen LogP contribution in [0.15, 0.2) is 47.4 Å². The molecular weight excluding hydrogens is 318 g/mol. The smallest absolute Gasteiger partial charge is 0.207 e. The molecule has 1 N–H and O–H groups in total. The van der Waals surface area contributed by atoms with Crippen molar-refractivity contribution in [2.75, 3.05) is 0 Å². The molecule has 0 saturated heterocycles. The molecular formula is C17H18ClNO2S. The first kappa shape index (κ1) is 15.5. The summed E-state index contributed by atoms with van der Waals surface area (Å²) < 4.78 is 28.4. The largest absolute Gasteiger partial charge is 0.241 e. The maximum Gasteiger partial charge on any atom is 0.241 e. The number of hydrogen-bond acceptors (Lipinski definition) is 2. The number of hydrogen-bond donors (Lipinski definition) is 1. The molecule has 0 atom stereocenters. The standard InChI is InChI=1S/C17H18ClNO2S/c1-12-3-4-13(2)16(11-12)22(20,21)19-17(9-10-17)14-5-7-15(18)8-6-14/h3-8,11,19H,9-10H2,1-2H3. The maximum atomic E-state index is 12.8. The summed E-state index contributed by atoms with van der Waals surface area (Å²) in [6.45, 7) is 3.71. The van der Waals surface area contributed by atoms with Gasteiger partial charge in [-0.1, -0.05) is 35.9 Å². The molecule has 0 heterocycles. The van der Waals surface area contributed by atoms with Crippen LogP contribution in [0.1, 0.15) is 29.5 Å². The summed E-state index contributed by atoms with van der Waals surface area (Å²) in [6, 6.07) is 12.8. The Bertz CT molecular complexity index is 809. The van der Waals surface area contributed by atoms with Gasteiger partial charge in [0.1, 0.15) is 0 Å². The molecule has 0 amide bonds. The molecule has 1 aliphatic carbocycles. The molecule has 3 rings (SSSR count). The Balaban J connectivity index is 1.94. The van der Waals surface area contributed by atoms with Crippen LogP contribution in [-0.2, 0) is 15.6 Å². The van der Waals surface area contributed by atoms with Gasteiger partial charge in [0.2, 0.25) is 10.0 Å². The van der Waals surface area contributed by atoms with E-state index in [0.29, 0.717) is 9.92 Å². The fraction of sp³-hybridized carbons (Fsp3) is 0.294. The summed E-state index contributed by atoms with van der Waals surface area (Å²) in [5, 5.41) is 0.650. The van der Waals surface area contributed by atoms with Crippen molar-refractivity contribution in [3.8, 4) is 0 Å². The van der Waals surface area contributed by atoms with E-state index < -0.39 is 15.6 Å². The Morgan fingerprint density at radius 1 is 1.05 bits per heavy atom. The fourth-order valence-electron chi connectivity index (χ4n) is 2.65. The van der Waals surface area contributed by atoms with E-state index >= 15 is 0 Å². The molecule has 0 bridgehead atoms. The Kier molecular flexibility index (Phi) is 3.79. The highest BCUT2D eigenvalue weighted by atomic mass is 35.5. The van der Waals surface area contributed by atoms with Gasteiger partial charge in [0, 0.05) is 5.02 Å². The average Bonchev–Trinajstić information content (AvgIpc) is 3.22. The summed E-state index contributed by atoms with van der Waals surface area (Å²) in [4.78, 5) is 0.354. The fourth-order valence-corrected chi connectivity index (χ4v) is 4.56. The minimum Gasteiger partial charge on any atom is -0.207 e. The monoisotopic (exact) mass is 335 g/mol. The first-order valence-electron chi connectivity index (χ1n) is 7.20. The zero-order valence-electron chi connectivity index (χ0n) is 12.6. The van der Waals surface area contributed by atoms with Gasteiger partial charge in [-0.15, -0.1) is 0 Å². The van der Waals surface area contributed by atoms with E-state index in [0.717, 1.165) is 29.5 Å². The van der Waals surface area contributed by atoms with E-state index in [9.17, 15) is 8.42 Å². The third kappa shape index (κ3) is 2.91. The highest BCUT2D eigenvalue weighted by Gasteiger charge is 2.47. The van der Waals surface area contributed by atoms with Crippen molar-refractivity contribution >= 4 is 21.6 Å². The highest BCUT2D eigenvalue weighted by molar-refractivity contribution is 7.89. The van der Waals surface area contributed by atoms with Crippen LogP contribution in [0.25, 0.3) is 0 Å². The van der Waals surface area contributed by atoms with Crippen LogP contribution in [0.5, 0.6) is 0 Å². The summed E-state index contributed by atoms with van der Waals surface area (Å²) in [7, 11) is -3.55. The second kappa shape index (κ2) is 5.37. The molecule has 1 fully saturated rings. The summed E-state index contributed by atoms with van der Waals surface area (Å²) in [5.41, 5.74) is 2.16. The van der Waals surface area contributed by atoms with Gasteiger partial charge in [0.05, 0.1) is 10.4 Å². The number of sulfonamides is 1. The van der Waals surface area contributed by atoms with E-state index in [1.165, 1.54) is 0 Å². The second-order valence-electron chi connectivity index (χ2n) is 5.96. The van der Waals surface area contributed by atoms with Gasteiger partial charge >= 0.3 is 0 Å². The van der Waals surface area contributed by atoms with Gasteiger partial charge in [0.15, 0.2) is 0 Å². The topological polar surface area (TPSA) is 46.2 Å². The van der Waals surface area contributed by atoms with Gasteiger partial charge < -0.3 is 0 Å². The molecule has 1 aliphatic rings. The molecule has 0 radical (unpaired) electrons. The Morgan fingerprint density at radius 3 is 2.27 bits per heavy atom. The maximum absolute atomic E-state index is 12.8. The van der Waals surface area contributed by atoms with E-state index in [2.05, 4.69) is 4.72 Å². The molecule has 0 spiro atoms. The van der Waals surface area contributed by atoms with Gasteiger partial charge in [-0.05, 0) is 61.6 Å². The normalized spacial score (nSPS) is 16.5. The number of rotatable bonds is 4. The molecule has 22 heavy (non-hydrogen) atoms. The lowest BCUT2D eigenvalue weighted by Crippen LogP contribution is -2.35. The SMILES string of the molecule is Cc1ccc(C)c(S(=O)(=O)NC2(c3ccc(Cl)cc3)CC2)c1. The molecule has 1 saturated carbocycles. The predicted octanol–water partition coefficient (Wildman–Crippen LogP) is 3.92. The van der Waals surface area contributed by atoms with Crippen molar-refractivity contribution in [2.45, 2.75) is 37.1 Å². The lowest BCUT2D eigenvalue weighted by Gasteiger charge is -2.19. The molecule has 5 heteroatoms. The predicted molar refractivity (Wildman–Crippen MR) is 88.6 cm³/mol. The van der Waals surface area contributed by atoms with Crippen LogP contribution >= 0.6 is 11.6 Å². The van der Waals surface area contributed by atoms with Crippen molar-refractivity contribution in [2.24, 2.45) is 0 Å². The van der Waals surface area contributed by atoms with Crippen LogP contribution in [0.2, 0.25) is 5.02 Å². The quantitative estimate of drug-likeness (QED) is 0.920. The lowest BCUT2D eigenvalue weighted by atomic mass is 10.1. The minimum absolute atomic E-state index is 0.354. The summed E-state index contributed by atoms with van der Waals surface area (Å²) in [5.74, 6) is 0. The zero-order valence-corrected chi connectivity index (χ0v) is 14.1. The molecule has 0 aromatic heterocycles. The zero-order chi connectivity index (χ0) is 16.0. The van der Waals surface area contributed by atoms with Gasteiger partial charge in [0.25, 0.3) is 0 Å². The lowest BCUT2D eigenvalue weighted by molar-refractivity contribution is 0.551. The van der Waals surface area contributed by atoms with Crippen molar-refractivity contribution in [3.05, 3.63) is 64.2 Å². The summed E-state index contributed by atoms with van der Waals surface area (Å²) in [6.07, 6.45) is 1.61. The van der Waals surface area contributed by atoms with E-state index in [1.807, 2.05) is 38.1 Å². The van der Waals surface area contributed by atoms with E-state index in [1.54, 1.807) is 18.2 Å². The van der Waals surface area contributed by atoms with Gasteiger partial charge in [-0.2, -0.15) is 0 Å². The molecule has 3 nitrogen and oxygen atoms in total. The van der Waals surface area contributed by atoms with Crippen LogP contribution in [0.3, 0.4) is 0 Å². The number of halogens is 1. The van der Waals surface area contributed by atoms with Gasteiger partial charge in [-0.25, -0.2) is 13.1 Å². The third-order valence-corrected chi connectivity index (χ3v) is 6.04. The van der Waals surface area contributed by atoms with Crippen molar-refractivity contribution in [1.29, 1.82) is 0 Å². The van der Waals surface area contributed by atoms with Crippen LogP contribution in [-0.4, -0.2) is 8.42 Å². The Morgan fingerprint density at radius 2 is 1.68 bits per heavy atom. The van der Waals surface area contributed by atoms with Crippen molar-refractivity contribution in [3.63, 3.8) is 0 Å². The number of nitrogens with one attached hydrogen (secondary N) is 1. The molecule has 2 aromatic rings. The van der Waals surface area contributed by atoms with Crippen molar-refractivity contribution in [1.82, 2.24) is 4.72 Å². The third-order valence-electron chi connectivity index (χ3n) is 4.11. The molecule has 0 aliphatic heterocycles. The van der Waals surface area contributed by atoms with Gasteiger partial charge in [-0.3, -0.25) is 0 Å². The van der Waals surface area contributed by atoms with E-state index in [-0.39, 0.29) is 0 Å². The Hall–Kier alpha value is -1.36. The minimum atomic E-state index is -3.55. The number of benzene rings is 2. The molecule has 0 unspecified atom stereocenters. The molecule has 116 valence electrons. The second-order valence-corrected chi connectivity index (χ2v) is 8.05. The first-order valence-corrected chi connectivity index (χ1v) is 9.06. The van der Waals surface area contributed by atoms with Crippen LogP contribution < -0.4 is 4.72 Å².